The summed E-state index contributed by atoms with van der Waals surface area (Å²) in [5, 5.41) is 10.5. The van der Waals surface area contributed by atoms with Crippen LogP contribution in [0.4, 0.5) is 0 Å². The molecule has 0 bridgehead atoms. The molecule has 2 aromatic heterocycles. The van der Waals surface area contributed by atoms with Crippen molar-refractivity contribution in [3.05, 3.63) is 69.7 Å². The molecule has 0 spiro atoms. The Bertz CT molecular complexity index is 791. The van der Waals surface area contributed by atoms with Crippen molar-refractivity contribution in [2.45, 2.75) is 26.4 Å². The molecule has 0 aliphatic heterocycles. The third kappa shape index (κ3) is 4.00. The summed E-state index contributed by atoms with van der Waals surface area (Å²) in [5.74, 6) is 0. The number of para-hydroxylation sites is 1. The van der Waals surface area contributed by atoms with Gasteiger partial charge in [0, 0.05) is 29.2 Å². The molecular weight excluding hydrogens is 328 g/mol. The van der Waals surface area contributed by atoms with E-state index in [-0.39, 0.29) is 0 Å². The van der Waals surface area contributed by atoms with Gasteiger partial charge >= 0.3 is 0 Å². The standard InChI is InChI=1S/C20H26N4S/c1-15-18(16(2)24(22-15)17-9-6-5-7-10-17)13-21-14-19(23(3)4)20-11-8-12-25-20/h5-12,19,21H,13-14H2,1-4H3/t19-/m1/s1. The number of nitrogens with one attached hydrogen (secondary N) is 1. The average molecular weight is 355 g/mol. The maximum absolute atomic E-state index is 4.73. The van der Waals surface area contributed by atoms with Crippen LogP contribution in [-0.4, -0.2) is 35.3 Å². The predicted molar refractivity (Wildman–Crippen MR) is 105 cm³/mol. The van der Waals surface area contributed by atoms with Gasteiger partial charge in [0.25, 0.3) is 0 Å². The van der Waals surface area contributed by atoms with Crippen molar-refractivity contribution < 1.29 is 0 Å². The molecule has 2 heterocycles. The lowest BCUT2D eigenvalue weighted by Crippen LogP contribution is -2.30. The van der Waals surface area contributed by atoms with Crippen molar-refractivity contribution in [1.29, 1.82) is 0 Å². The molecule has 3 rings (SSSR count). The normalized spacial score (nSPS) is 12.7. The fraction of sp³-hybridized carbons (Fsp3) is 0.350. The topological polar surface area (TPSA) is 33.1 Å². The first-order valence-corrected chi connectivity index (χ1v) is 9.47. The van der Waals surface area contributed by atoms with Crippen LogP contribution in [0.25, 0.3) is 5.69 Å². The fourth-order valence-corrected chi connectivity index (χ4v) is 4.03. The highest BCUT2D eigenvalue weighted by atomic mass is 32.1. The molecule has 0 aliphatic carbocycles. The van der Waals surface area contributed by atoms with E-state index in [2.05, 4.69) is 67.8 Å². The maximum Gasteiger partial charge on any atom is 0.0648 e. The number of aromatic nitrogens is 2. The quantitative estimate of drug-likeness (QED) is 0.697. The van der Waals surface area contributed by atoms with E-state index in [4.69, 9.17) is 5.10 Å². The van der Waals surface area contributed by atoms with Crippen molar-refractivity contribution in [3.8, 4) is 5.69 Å². The van der Waals surface area contributed by atoms with E-state index < -0.39 is 0 Å². The minimum Gasteiger partial charge on any atom is -0.311 e. The van der Waals surface area contributed by atoms with Crippen molar-refractivity contribution in [2.75, 3.05) is 20.6 Å². The first-order chi connectivity index (χ1) is 12.1. The van der Waals surface area contributed by atoms with E-state index in [0.29, 0.717) is 6.04 Å². The summed E-state index contributed by atoms with van der Waals surface area (Å²) < 4.78 is 2.04. The van der Waals surface area contributed by atoms with Crippen LogP contribution in [0.1, 0.15) is 27.9 Å². The highest BCUT2D eigenvalue weighted by molar-refractivity contribution is 7.10. The Kier molecular flexibility index (Phi) is 5.68. The summed E-state index contributed by atoms with van der Waals surface area (Å²) in [6.07, 6.45) is 0. The van der Waals surface area contributed by atoms with Crippen LogP contribution in [-0.2, 0) is 6.54 Å². The molecule has 0 amide bonds. The number of benzene rings is 1. The Balaban J connectivity index is 1.70. The number of nitrogens with zero attached hydrogens (tertiary/aromatic N) is 3. The number of thiophene rings is 1. The van der Waals surface area contributed by atoms with Crippen LogP contribution in [0.5, 0.6) is 0 Å². The minimum absolute atomic E-state index is 0.393. The van der Waals surface area contributed by atoms with Gasteiger partial charge in [-0.15, -0.1) is 11.3 Å². The van der Waals surface area contributed by atoms with Gasteiger partial charge in [-0.3, -0.25) is 0 Å². The maximum atomic E-state index is 4.73. The average Bonchev–Trinajstić information content (AvgIpc) is 3.22. The summed E-state index contributed by atoms with van der Waals surface area (Å²) in [5.41, 5.74) is 4.69. The lowest BCUT2D eigenvalue weighted by Gasteiger charge is -2.23. The smallest absolute Gasteiger partial charge is 0.0648 e. The highest BCUT2D eigenvalue weighted by Crippen LogP contribution is 2.23. The molecule has 0 radical (unpaired) electrons. The number of likely N-dealkylation sites (N-methyl/N-ethyl adjacent to an activating group) is 1. The third-order valence-electron chi connectivity index (χ3n) is 4.58. The van der Waals surface area contributed by atoms with Gasteiger partial charge in [0.2, 0.25) is 0 Å². The highest BCUT2D eigenvalue weighted by Gasteiger charge is 2.16. The van der Waals surface area contributed by atoms with Crippen LogP contribution in [0, 0.1) is 13.8 Å². The molecule has 0 saturated heterocycles. The Morgan fingerprint density at radius 3 is 2.52 bits per heavy atom. The lowest BCUT2D eigenvalue weighted by molar-refractivity contribution is 0.292. The van der Waals surface area contributed by atoms with Gasteiger partial charge < -0.3 is 10.2 Å². The summed E-state index contributed by atoms with van der Waals surface area (Å²) in [7, 11) is 4.27. The van der Waals surface area contributed by atoms with Crippen LogP contribution in [0.2, 0.25) is 0 Å². The van der Waals surface area contributed by atoms with Gasteiger partial charge in [-0.25, -0.2) is 4.68 Å². The third-order valence-corrected chi connectivity index (χ3v) is 5.55. The van der Waals surface area contributed by atoms with E-state index in [1.807, 2.05) is 34.2 Å². The van der Waals surface area contributed by atoms with Gasteiger partial charge in [0.15, 0.2) is 0 Å². The van der Waals surface area contributed by atoms with Gasteiger partial charge in [-0.2, -0.15) is 5.10 Å². The van der Waals surface area contributed by atoms with Gasteiger partial charge in [0.1, 0.15) is 0 Å². The molecule has 1 atom stereocenters. The molecule has 3 aromatic rings. The zero-order chi connectivity index (χ0) is 17.8. The summed E-state index contributed by atoms with van der Waals surface area (Å²) in [4.78, 5) is 3.66. The van der Waals surface area contributed by atoms with E-state index >= 15 is 0 Å². The molecule has 25 heavy (non-hydrogen) atoms. The number of aryl methyl sites for hydroxylation is 1. The predicted octanol–water partition coefficient (Wildman–Crippen LogP) is 3.94. The second-order valence-corrected chi connectivity index (χ2v) is 7.50. The molecule has 1 N–H and O–H groups in total. The van der Waals surface area contributed by atoms with Gasteiger partial charge in [-0.05, 0) is 51.5 Å². The van der Waals surface area contributed by atoms with Crippen LogP contribution in [0.15, 0.2) is 47.8 Å². The Hall–Kier alpha value is -1.95. The lowest BCUT2D eigenvalue weighted by atomic mass is 10.1. The Morgan fingerprint density at radius 2 is 1.88 bits per heavy atom. The molecule has 132 valence electrons. The number of hydrogen-bond acceptors (Lipinski definition) is 4. The van der Waals surface area contributed by atoms with Crippen LogP contribution in [0.3, 0.4) is 0 Å². The van der Waals surface area contributed by atoms with Crippen molar-refractivity contribution in [1.82, 2.24) is 20.0 Å². The van der Waals surface area contributed by atoms with Crippen molar-refractivity contribution >= 4 is 11.3 Å². The Morgan fingerprint density at radius 1 is 1.12 bits per heavy atom. The molecular formula is C20H26N4S. The van der Waals surface area contributed by atoms with Crippen LogP contribution >= 0.6 is 11.3 Å². The molecule has 1 aromatic carbocycles. The summed E-state index contributed by atoms with van der Waals surface area (Å²) in [6, 6.07) is 15.0. The molecule has 5 heteroatoms. The second-order valence-electron chi connectivity index (χ2n) is 6.52. The van der Waals surface area contributed by atoms with E-state index in [1.165, 1.54) is 16.1 Å². The molecule has 0 aliphatic rings. The minimum atomic E-state index is 0.393. The first-order valence-electron chi connectivity index (χ1n) is 8.59. The summed E-state index contributed by atoms with van der Waals surface area (Å²) >= 11 is 1.82. The molecule has 0 unspecified atom stereocenters. The van der Waals surface area contributed by atoms with Crippen molar-refractivity contribution in [2.24, 2.45) is 0 Å². The number of rotatable bonds is 7. The monoisotopic (exact) mass is 354 g/mol. The number of hydrogen-bond donors (Lipinski definition) is 1. The largest absolute Gasteiger partial charge is 0.311 e. The van der Waals surface area contributed by atoms with Crippen LogP contribution < -0.4 is 5.32 Å². The van der Waals surface area contributed by atoms with Gasteiger partial charge in [-0.1, -0.05) is 24.3 Å². The molecule has 0 saturated carbocycles. The Labute approximate surface area is 154 Å². The zero-order valence-electron chi connectivity index (χ0n) is 15.4. The molecule has 0 fully saturated rings. The molecule has 4 nitrogen and oxygen atoms in total. The summed E-state index contributed by atoms with van der Waals surface area (Å²) in [6.45, 7) is 5.99. The van der Waals surface area contributed by atoms with E-state index in [0.717, 1.165) is 24.5 Å². The van der Waals surface area contributed by atoms with E-state index in [1.54, 1.807) is 0 Å². The fourth-order valence-electron chi connectivity index (χ4n) is 3.10. The first kappa shape index (κ1) is 17.9. The SMILES string of the molecule is Cc1nn(-c2ccccc2)c(C)c1CNC[C@H](c1cccs1)N(C)C. The zero-order valence-corrected chi connectivity index (χ0v) is 16.2. The van der Waals surface area contributed by atoms with Gasteiger partial charge in [0.05, 0.1) is 17.4 Å². The van der Waals surface area contributed by atoms with Crippen molar-refractivity contribution in [3.63, 3.8) is 0 Å². The second kappa shape index (κ2) is 7.95. The van der Waals surface area contributed by atoms with E-state index in [9.17, 15) is 0 Å².